The molecule has 1 fully saturated rings. The highest BCUT2D eigenvalue weighted by Crippen LogP contribution is 2.36. The minimum absolute atomic E-state index is 0.226. The van der Waals surface area contributed by atoms with Gasteiger partial charge in [0.2, 0.25) is 5.95 Å². The number of aromatic nitrogens is 2. The van der Waals surface area contributed by atoms with E-state index in [2.05, 4.69) is 4.98 Å². The molecule has 1 aliphatic rings. The van der Waals surface area contributed by atoms with Gasteiger partial charge in [0.05, 0.1) is 20.7 Å². The predicted molar refractivity (Wildman–Crippen MR) is 80.5 cm³/mol. The molecule has 0 bridgehead atoms. The quantitative estimate of drug-likeness (QED) is 0.821. The molecule has 2 atom stereocenters. The first-order valence-corrected chi connectivity index (χ1v) is 7.33. The summed E-state index contributed by atoms with van der Waals surface area (Å²) in [6.45, 7) is 0. The number of rotatable bonds is 2. The molecule has 3 rings (SSSR count). The summed E-state index contributed by atoms with van der Waals surface area (Å²) in [5, 5.41) is 0. The van der Waals surface area contributed by atoms with Crippen molar-refractivity contribution < 1.29 is 9.13 Å². The molecule has 0 saturated heterocycles. The summed E-state index contributed by atoms with van der Waals surface area (Å²) in [6, 6.07) is 3.51. The SMILES string of the molecule is COC1CCC(n2c(N)nc3cc(I)c(F)cc32)C1. The van der Waals surface area contributed by atoms with Gasteiger partial charge in [0.1, 0.15) is 5.82 Å². The van der Waals surface area contributed by atoms with Crippen LogP contribution < -0.4 is 5.73 Å². The fraction of sp³-hybridized carbons (Fsp3) is 0.462. The second kappa shape index (κ2) is 4.90. The first kappa shape index (κ1) is 13.1. The Morgan fingerprint density at radius 3 is 2.95 bits per heavy atom. The molecule has 1 saturated carbocycles. The molecule has 2 unspecified atom stereocenters. The lowest BCUT2D eigenvalue weighted by Crippen LogP contribution is -2.11. The van der Waals surface area contributed by atoms with Gasteiger partial charge < -0.3 is 15.0 Å². The van der Waals surface area contributed by atoms with Gasteiger partial charge in [-0.3, -0.25) is 0 Å². The number of nitrogens with two attached hydrogens (primary N) is 1. The number of nitrogen functional groups attached to an aromatic ring is 1. The molecule has 6 heteroatoms. The molecular weight excluding hydrogens is 360 g/mol. The molecule has 1 aliphatic carbocycles. The molecule has 0 amide bonds. The number of hydrogen-bond acceptors (Lipinski definition) is 3. The Balaban J connectivity index is 2.08. The van der Waals surface area contributed by atoms with E-state index < -0.39 is 0 Å². The fourth-order valence-corrected chi connectivity index (χ4v) is 3.31. The van der Waals surface area contributed by atoms with Gasteiger partial charge in [-0.25, -0.2) is 9.37 Å². The highest BCUT2D eigenvalue weighted by atomic mass is 127. The second-order valence-electron chi connectivity index (χ2n) is 4.92. The topological polar surface area (TPSA) is 53.1 Å². The van der Waals surface area contributed by atoms with Crippen molar-refractivity contribution in [2.24, 2.45) is 0 Å². The lowest BCUT2D eigenvalue weighted by molar-refractivity contribution is 0.106. The maximum atomic E-state index is 13.8. The van der Waals surface area contributed by atoms with Crippen LogP contribution in [0.5, 0.6) is 0 Å². The van der Waals surface area contributed by atoms with Crippen molar-refractivity contribution in [3.63, 3.8) is 0 Å². The number of methoxy groups -OCH3 is 1. The number of anilines is 1. The summed E-state index contributed by atoms with van der Waals surface area (Å²) < 4.78 is 21.7. The molecule has 19 heavy (non-hydrogen) atoms. The third-order valence-electron chi connectivity index (χ3n) is 3.81. The molecule has 2 N–H and O–H groups in total. The fourth-order valence-electron chi connectivity index (χ4n) is 2.86. The van der Waals surface area contributed by atoms with E-state index in [9.17, 15) is 4.39 Å². The Bertz CT molecular complexity index is 628. The number of halogens is 2. The molecule has 102 valence electrons. The third-order valence-corrected chi connectivity index (χ3v) is 4.64. The minimum Gasteiger partial charge on any atom is -0.381 e. The van der Waals surface area contributed by atoms with Gasteiger partial charge >= 0.3 is 0 Å². The normalized spacial score (nSPS) is 23.3. The van der Waals surface area contributed by atoms with Gasteiger partial charge in [0.15, 0.2) is 0 Å². The smallest absolute Gasteiger partial charge is 0.201 e. The van der Waals surface area contributed by atoms with Crippen molar-refractivity contribution in [3.05, 3.63) is 21.5 Å². The maximum Gasteiger partial charge on any atom is 0.201 e. The number of ether oxygens (including phenoxy) is 1. The molecule has 0 spiro atoms. The zero-order chi connectivity index (χ0) is 13.6. The van der Waals surface area contributed by atoms with Crippen LogP contribution in [-0.2, 0) is 4.74 Å². The van der Waals surface area contributed by atoms with Crippen molar-refractivity contribution in [2.75, 3.05) is 12.8 Å². The number of benzene rings is 1. The second-order valence-corrected chi connectivity index (χ2v) is 6.08. The first-order valence-electron chi connectivity index (χ1n) is 6.25. The van der Waals surface area contributed by atoms with Crippen molar-refractivity contribution in [1.82, 2.24) is 9.55 Å². The van der Waals surface area contributed by atoms with E-state index in [0.717, 1.165) is 30.3 Å². The van der Waals surface area contributed by atoms with E-state index >= 15 is 0 Å². The maximum absolute atomic E-state index is 13.8. The van der Waals surface area contributed by atoms with Crippen LogP contribution in [0.2, 0.25) is 0 Å². The Kier molecular flexibility index (Phi) is 3.38. The van der Waals surface area contributed by atoms with E-state index in [-0.39, 0.29) is 18.0 Å². The molecular formula is C13H15FIN3O. The summed E-state index contributed by atoms with van der Waals surface area (Å²) >= 11 is 1.97. The van der Waals surface area contributed by atoms with E-state index in [0.29, 0.717) is 9.52 Å². The van der Waals surface area contributed by atoms with Crippen molar-refractivity contribution in [3.8, 4) is 0 Å². The van der Waals surface area contributed by atoms with Crippen LogP contribution in [0.3, 0.4) is 0 Å². The third kappa shape index (κ3) is 2.20. The van der Waals surface area contributed by atoms with Gasteiger partial charge in [-0.1, -0.05) is 0 Å². The number of hydrogen-bond donors (Lipinski definition) is 1. The van der Waals surface area contributed by atoms with Gasteiger partial charge in [0, 0.05) is 19.2 Å². The summed E-state index contributed by atoms with van der Waals surface area (Å²) in [5.74, 6) is 0.230. The standard InChI is InChI=1S/C13H15FIN3O/c1-19-8-3-2-7(4-8)18-12-5-9(14)10(15)6-11(12)17-13(18)16/h5-8H,2-4H2,1H3,(H2,16,17). The summed E-state index contributed by atoms with van der Waals surface area (Å²) in [7, 11) is 1.73. The Labute approximate surface area is 124 Å². The number of nitrogens with zero attached hydrogens (tertiary/aromatic N) is 2. The zero-order valence-electron chi connectivity index (χ0n) is 10.6. The van der Waals surface area contributed by atoms with Gasteiger partial charge in [-0.15, -0.1) is 0 Å². The van der Waals surface area contributed by atoms with E-state index in [4.69, 9.17) is 10.5 Å². The Morgan fingerprint density at radius 2 is 2.26 bits per heavy atom. The van der Waals surface area contributed by atoms with Gasteiger partial charge in [-0.2, -0.15) is 0 Å². The van der Waals surface area contributed by atoms with Crippen LogP contribution in [0, 0.1) is 9.39 Å². The minimum atomic E-state index is -0.226. The van der Waals surface area contributed by atoms with Gasteiger partial charge in [-0.05, 0) is 47.9 Å². The highest BCUT2D eigenvalue weighted by molar-refractivity contribution is 14.1. The van der Waals surface area contributed by atoms with Crippen LogP contribution in [0.4, 0.5) is 10.3 Å². The molecule has 4 nitrogen and oxygen atoms in total. The average molecular weight is 375 g/mol. The molecule has 0 aliphatic heterocycles. The van der Waals surface area contributed by atoms with Gasteiger partial charge in [0.25, 0.3) is 0 Å². The molecule has 1 aromatic heterocycles. The summed E-state index contributed by atoms with van der Waals surface area (Å²) in [4.78, 5) is 4.34. The van der Waals surface area contributed by atoms with Crippen LogP contribution >= 0.6 is 22.6 Å². The Morgan fingerprint density at radius 1 is 1.47 bits per heavy atom. The van der Waals surface area contributed by atoms with E-state index in [1.165, 1.54) is 6.07 Å². The molecule has 1 heterocycles. The molecule has 2 aromatic rings. The van der Waals surface area contributed by atoms with Crippen LogP contribution in [0.25, 0.3) is 11.0 Å². The number of imidazole rings is 1. The highest BCUT2D eigenvalue weighted by Gasteiger charge is 2.28. The Hall–Kier alpha value is -0.890. The largest absolute Gasteiger partial charge is 0.381 e. The van der Waals surface area contributed by atoms with Crippen molar-refractivity contribution in [2.45, 2.75) is 31.4 Å². The van der Waals surface area contributed by atoms with Crippen LogP contribution in [0.15, 0.2) is 12.1 Å². The lowest BCUT2D eigenvalue weighted by Gasteiger charge is -2.15. The van der Waals surface area contributed by atoms with Crippen LogP contribution in [-0.4, -0.2) is 22.8 Å². The van der Waals surface area contributed by atoms with Crippen molar-refractivity contribution >= 4 is 39.6 Å². The summed E-state index contributed by atoms with van der Waals surface area (Å²) in [6.07, 6.45) is 3.16. The first-order chi connectivity index (χ1) is 9.10. The van der Waals surface area contributed by atoms with Crippen molar-refractivity contribution in [1.29, 1.82) is 0 Å². The average Bonchev–Trinajstić information content (AvgIpc) is 2.94. The predicted octanol–water partition coefficient (Wildman–Crippen LogP) is 3.10. The van der Waals surface area contributed by atoms with E-state index in [1.807, 2.05) is 27.2 Å². The molecule has 1 aromatic carbocycles. The van der Waals surface area contributed by atoms with E-state index in [1.54, 1.807) is 13.2 Å². The summed E-state index contributed by atoms with van der Waals surface area (Å²) in [5.41, 5.74) is 7.54. The molecule has 0 radical (unpaired) electrons. The number of fused-ring (bicyclic) bond motifs is 1. The zero-order valence-corrected chi connectivity index (χ0v) is 12.7. The lowest BCUT2D eigenvalue weighted by atomic mass is 10.2. The monoisotopic (exact) mass is 375 g/mol. The van der Waals surface area contributed by atoms with Crippen LogP contribution in [0.1, 0.15) is 25.3 Å².